The fourth-order valence-corrected chi connectivity index (χ4v) is 6.81. The molecule has 0 aliphatic carbocycles. The third kappa shape index (κ3) is 7.22. The van der Waals surface area contributed by atoms with Crippen LogP contribution in [0.3, 0.4) is 0 Å². The van der Waals surface area contributed by atoms with Crippen molar-refractivity contribution in [2.75, 3.05) is 10.6 Å². The molecule has 0 radical (unpaired) electrons. The Morgan fingerprint density at radius 1 is 0.913 bits per heavy atom. The molecule has 0 saturated heterocycles. The fourth-order valence-electron chi connectivity index (χ4n) is 6.13. The molecular weight excluding hydrogens is 591 g/mol. The summed E-state index contributed by atoms with van der Waals surface area (Å²) in [6.07, 6.45) is 5.91. The van der Waals surface area contributed by atoms with Gasteiger partial charge in [0.2, 0.25) is 0 Å². The summed E-state index contributed by atoms with van der Waals surface area (Å²) in [5.74, 6) is -0.818. The van der Waals surface area contributed by atoms with Crippen molar-refractivity contribution in [1.82, 2.24) is 9.55 Å². The Hall–Kier alpha value is -4.33. The topological polar surface area (TPSA) is 78.6 Å². The summed E-state index contributed by atoms with van der Waals surface area (Å²) in [5, 5.41) is 18.5. The first-order chi connectivity index (χ1) is 21.9. The number of fused-ring (bicyclic) bond motifs is 3. The van der Waals surface area contributed by atoms with E-state index in [2.05, 4.69) is 108 Å². The molecule has 0 fully saturated rings. The molecule has 46 heavy (non-hydrogen) atoms. The monoisotopic (exact) mass is 633 g/mol. The van der Waals surface area contributed by atoms with E-state index >= 15 is 0 Å². The summed E-state index contributed by atoms with van der Waals surface area (Å²) in [4.78, 5) is 16.6. The van der Waals surface area contributed by atoms with Crippen LogP contribution in [0.1, 0.15) is 54.2 Å². The van der Waals surface area contributed by atoms with Crippen LogP contribution in [-0.2, 0) is 24.3 Å². The van der Waals surface area contributed by atoms with Gasteiger partial charge >= 0.3 is 5.97 Å². The summed E-state index contributed by atoms with van der Waals surface area (Å²) in [5.41, 5.74) is 13.9. The van der Waals surface area contributed by atoms with E-state index < -0.39 is 11.6 Å². The van der Waals surface area contributed by atoms with Crippen molar-refractivity contribution in [3.63, 3.8) is 0 Å². The molecule has 2 heterocycles. The van der Waals surface area contributed by atoms with Crippen LogP contribution >= 0.6 is 11.9 Å². The second-order valence-electron chi connectivity index (χ2n) is 12.9. The highest BCUT2D eigenvalue weighted by Gasteiger charge is 2.30. The van der Waals surface area contributed by atoms with E-state index in [-0.39, 0.29) is 6.42 Å². The van der Waals surface area contributed by atoms with E-state index in [1.165, 1.54) is 27.8 Å². The lowest BCUT2D eigenvalue weighted by Gasteiger charge is -2.36. The maximum Gasteiger partial charge on any atom is 0.307 e. The number of hydrogen-bond acceptors (Lipinski definition) is 5. The van der Waals surface area contributed by atoms with Crippen LogP contribution in [0.15, 0.2) is 85.3 Å². The average Bonchev–Trinajstić information content (AvgIpc) is 3.47. The second kappa shape index (κ2) is 13.6. The first-order valence-electron chi connectivity index (χ1n) is 15.5. The molecule has 1 aliphatic heterocycles. The van der Waals surface area contributed by atoms with Crippen LogP contribution in [-0.4, -0.2) is 37.6 Å². The van der Waals surface area contributed by atoms with Gasteiger partial charge in [-0.25, -0.2) is 4.98 Å². The largest absolute Gasteiger partial charge is 0.481 e. The highest BCUT2D eigenvalue weighted by Crippen LogP contribution is 2.50. The predicted octanol–water partition coefficient (Wildman–Crippen LogP) is 8.86. The highest BCUT2D eigenvalue weighted by atomic mass is 32.2. The lowest BCUT2D eigenvalue weighted by molar-refractivity contribution is -0.136. The highest BCUT2D eigenvalue weighted by molar-refractivity contribution is 7.99. The summed E-state index contributed by atoms with van der Waals surface area (Å²) < 4.78 is 4.50. The van der Waals surface area contributed by atoms with E-state index in [1.54, 1.807) is 32.7 Å². The lowest BCUT2D eigenvalue weighted by Crippen LogP contribution is -2.22. The van der Waals surface area contributed by atoms with Crippen molar-refractivity contribution < 1.29 is 15.0 Å². The first kappa shape index (κ1) is 33.0. The number of carboxylic acids is 1. The van der Waals surface area contributed by atoms with Gasteiger partial charge in [-0.15, -0.1) is 0 Å². The molecule has 0 bridgehead atoms. The standard InChI is InChI=1S/C35H33N3O2S.C4H10O/c1-22-10-12-26(13-11-22)33-24(3)34-30-16-27(31-18-36-21-37(31)19-25-8-6-5-7-9-25)14-15-28(30)20-38(41-4)35(34)23(2)29(33)17-32(39)40;1-4(2,3)5/h5-16,18,21H,17,19-20H2,1-4H3,(H,39,40);5H,1-3H3. The second-order valence-corrected chi connectivity index (χ2v) is 13.7. The van der Waals surface area contributed by atoms with Crippen molar-refractivity contribution in [1.29, 1.82) is 0 Å². The Morgan fingerprint density at radius 2 is 1.57 bits per heavy atom. The van der Waals surface area contributed by atoms with Crippen LogP contribution in [0.2, 0.25) is 0 Å². The molecular formula is C39H43N3O3S. The number of nitrogens with zero attached hydrogens (tertiary/aromatic N) is 3. The molecule has 6 rings (SSSR count). The number of aliphatic hydroxyl groups is 1. The van der Waals surface area contributed by atoms with Gasteiger partial charge in [-0.3, -0.25) is 4.79 Å². The van der Waals surface area contributed by atoms with E-state index in [4.69, 9.17) is 5.11 Å². The SMILES string of the molecule is CC(C)(C)O.CSN1Cc2ccc(-c3cncn3Cc3ccccc3)cc2-c2c(C)c(-c3ccc(C)cc3)c(CC(=O)O)c(C)c21. The van der Waals surface area contributed by atoms with Gasteiger partial charge in [-0.1, -0.05) is 84.2 Å². The van der Waals surface area contributed by atoms with Crippen molar-refractivity contribution in [2.24, 2.45) is 0 Å². The smallest absolute Gasteiger partial charge is 0.307 e. The van der Waals surface area contributed by atoms with Crippen LogP contribution < -0.4 is 4.31 Å². The zero-order valence-electron chi connectivity index (χ0n) is 27.8. The molecule has 4 aromatic carbocycles. The minimum atomic E-state index is -0.818. The lowest BCUT2D eigenvalue weighted by atomic mass is 9.80. The molecule has 1 aromatic heterocycles. The molecule has 0 atom stereocenters. The van der Waals surface area contributed by atoms with E-state index in [0.29, 0.717) is 0 Å². The zero-order chi connectivity index (χ0) is 33.2. The third-order valence-corrected chi connectivity index (χ3v) is 8.88. The Kier molecular flexibility index (Phi) is 9.75. The van der Waals surface area contributed by atoms with E-state index in [0.717, 1.165) is 57.9 Å². The molecule has 0 unspecified atom stereocenters. The maximum absolute atomic E-state index is 12.1. The van der Waals surface area contributed by atoms with E-state index in [9.17, 15) is 9.90 Å². The van der Waals surface area contributed by atoms with Crippen molar-refractivity contribution >= 4 is 23.6 Å². The number of benzene rings is 4. The first-order valence-corrected chi connectivity index (χ1v) is 16.7. The average molecular weight is 634 g/mol. The van der Waals surface area contributed by atoms with Gasteiger partial charge in [0, 0.05) is 23.9 Å². The van der Waals surface area contributed by atoms with Gasteiger partial charge in [0.25, 0.3) is 0 Å². The van der Waals surface area contributed by atoms with Crippen molar-refractivity contribution in [3.8, 4) is 33.5 Å². The minimum Gasteiger partial charge on any atom is -0.481 e. The Morgan fingerprint density at radius 3 is 2.20 bits per heavy atom. The summed E-state index contributed by atoms with van der Waals surface area (Å²) in [7, 11) is 0. The molecule has 238 valence electrons. The molecule has 0 spiro atoms. The van der Waals surface area contributed by atoms with Crippen LogP contribution in [0, 0.1) is 20.8 Å². The molecule has 0 saturated carbocycles. The predicted molar refractivity (Wildman–Crippen MR) is 191 cm³/mol. The molecule has 0 amide bonds. The molecule has 1 aliphatic rings. The quantitative estimate of drug-likeness (QED) is 0.174. The van der Waals surface area contributed by atoms with Gasteiger partial charge in [0.1, 0.15) is 0 Å². The van der Waals surface area contributed by atoms with Gasteiger partial charge in [0.05, 0.1) is 42.5 Å². The number of carboxylic acid groups (broad SMARTS) is 1. The summed E-state index contributed by atoms with van der Waals surface area (Å²) in [6, 6.07) is 25.6. The minimum absolute atomic E-state index is 0.0169. The third-order valence-electron chi connectivity index (χ3n) is 8.13. The molecule has 5 aromatic rings. The summed E-state index contributed by atoms with van der Waals surface area (Å²) >= 11 is 1.68. The number of rotatable bonds is 7. The van der Waals surface area contributed by atoms with Crippen molar-refractivity contribution in [2.45, 2.75) is 66.7 Å². The van der Waals surface area contributed by atoms with Gasteiger partial charge < -0.3 is 19.1 Å². The molecule has 2 N–H and O–H groups in total. The van der Waals surface area contributed by atoms with Crippen LogP contribution in [0.4, 0.5) is 5.69 Å². The summed E-state index contributed by atoms with van der Waals surface area (Å²) in [6.45, 7) is 13.0. The number of anilines is 1. The van der Waals surface area contributed by atoms with Crippen LogP contribution in [0.5, 0.6) is 0 Å². The van der Waals surface area contributed by atoms with Crippen LogP contribution in [0.25, 0.3) is 33.5 Å². The number of aromatic nitrogens is 2. The van der Waals surface area contributed by atoms with Crippen molar-refractivity contribution in [3.05, 3.63) is 119 Å². The Labute approximate surface area is 276 Å². The number of imidazole rings is 1. The Balaban J connectivity index is 0.000000775. The maximum atomic E-state index is 12.1. The van der Waals surface area contributed by atoms with E-state index in [1.807, 2.05) is 18.6 Å². The number of aliphatic carboxylic acids is 1. The zero-order valence-corrected chi connectivity index (χ0v) is 28.6. The Bertz CT molecular complexity index is 1850. The molecule has 6 nitrogen and oxygen atoms in total. The fraction of sp³-hybridized carbons (Fsp3) is 0.282. The number of aryl methyl sites for hydroxylation is 1. The van der Waals surface area contributed by atoms with Gasteiger partial charge in [-0.05, 0) is 92.1 Å². The normalized spacial score (nSPS) is 12.2. The number of hydrogen-bond donors (Lipinski definition) is 2. The molecule has 7 heteroatoms. The van der Waals surface area contributed by atoms with Gasteiger partial charge in [0.15, 0.2) is 0 Å². The van der Waals surface area contributed by atoms with Gasteiger partial charge in [-0.2, -0.15) is 0 Å². The number of carbonyl (C=O) groups is 1.